The number of allylic oxidation sites excluding steroid dienone is 6. The van der Waals surface area contributed by atoms with E-state index in [1.807, 2.05) is 0 Å². The van der Waals surface area contributed by atoms with E-state index >= 15 is 0 Å². The Labute approximate surface area is 371 Å². The molecule has 0 bridgehead atoms. The molecule has 0 radical (unpaired) electrons. The van der Waals surface area contributed by atoms with Crippen LogP contribution in [0.5, 0.6) is 0 Å². The van der Waals surface area contributed by atoms with Gasteiger partial charge < -0.3 is 10.2 Å². The summed E-state index contributed by atoms with van der Waals surface area (Å²) in [7, 11) is 0. The first-order chi connectivity index (χ1) is 28.4. The van der Waals surface area contributed by atoms with Crippen molar-refractivity contribution in [3.05, 3.63) is 46.6 Å². The van der Waals surface area contributed by atoms with E-state index in [1.165, 1.54) is 103 Å². The normalized spacial score (nSPS) is 44.9. The van der Waals surface area contributed by atoms with E-state index in [4.69, 9.17) is 0 Å². The van der Waals surface area contributed by atoms with Gasteiger partial charge in [-0.25, -0.2) is 0 Å². The number of hydrogen-bond donors (Lipinski definition) is 2. The second-order valence-corrected chi connectivity index (χ2v) is 24.8. The molecule has 340 valence electrons. The predicted molar refractivity (Wildman–Crippen MR) is 256 cm³/mol. The second kappa shape index (κ2) is 18.4. The van der Waals surface area contributed by atoms with Gasteiger partial charge in [0, 0.05) is 0 Å². The summed E-state index contributed by atoms with van der Waals surface area (Å²) in [6.45, 7) is 29.5. The van der Waals surface area contributed by atoms with Crippen molar-refractivity contribution in [2.24, 2.45) is 92.7 Å². The Bertz CT molecular complexity index is 1490. The molecular weight excluding hydrogens is 729 g/mol. The lowest BCUT2D eigenvalue weighted by molar-refractivity contribution is -0.0571. The highest BCUT2D eigenvalue weighted by Crippen LogP contribution is 2.69. The van der Waals surface area contributed by atoms with Crippen LogP contribution in [0.2, 0.25) is 0 Å². The van der Waals surface area contributed by atoms with Crippen molar-refractivity contribution in [3.8, 4) is 0 Å². The van der Waals surface area contributed by atoms with Crippen LogP contribution in [0.25, 0.3) is 0 Å². The summed E-state index contributed by atoms with van der Waals surface area (Å²) in [5, 5.41) is 20.5. The molecular formula is C58H96O2. The van der Waals surface area contributed by atoms with Crippen molar-refractivity contribution in [3.63, 3.8) is 0 Å². The lowest BCUT2D eigenvalue weighted by atomic mass is 9.47. The van der Waals surface area contributed by atoms with E-state index in [0.29, 0.717) is 33.5 Å². The highest BCUT2D eigenvalue weighted by molar-refractivity contribution is 5.27. The molecule has 8 rings (SSSR count). The maximum atomic E-state index is 10.2. The number of aliphatic hydroxyl groups excluding tert-OH is 2. The summed E-state index contributed by atoms with van der Waals surface area (Å²) in [4.78, 5) is 0. The van der Waals surface area contributed by atoms with E-state index < -0.39 is 0 Å². The number of fused-ring (bicyclic) bond motifs is 10. The molecule has 2 N–H and O–H groups in total. The van der Waals surface area contributed by atoms with Crippen molar-refractivity contribution in [1.29, 1.82) is 0 Å². The molecule has 8 aliphatic carbocycles. The molecule has 60 heavy (non-hydrogen) atoms. The molecule has 2 heteroatoms. The summed E-state index contributed by atoms with van der Waals surface area (Å²) in [6.07, 6.45) is 35.6. The fourth-order valence-corrected chi connectivity index (χ4v) is 18.0. The van der Waals surface area contributed by atoms with Crippen LogP contribution in [-0.4, -0.2) is 22.4 Å². The summed E-state index contributed by atoms with van der Waals surface area (Å²) in [5.74, 6) is 10.3. The third-order valence-corrected chi connectivity index (χ3v) is 21.7. The zero-order chi connectivity index (χ0) is 43.4. The largest absolute Gasteiger partial charge is 0.393 e. The number of rotatable bonds is 10. The fourth-order valence-electron chi connectivity index (χ4n) is 18.0. The molecule has 6 fully saturated rings. The highest BCUT2D eigenvalue weighted by atomic mass is 16.3. The third kappa shape index (κ3) is 8.46. The Morgan fingerprint density at radius 3 is 1.28 bits per heavy atom. The monoisotopic (exact) mass is 825 g/mol. The van der Waals surface area contributed by atoms with E-state index in [9.17, 15) is 10.2 Å². The zero-order valence-corrected chi connectivity index (χ0v) is 41.4. The number of hydrogen-bond acceptors (Lipinski definition) is 2. The van der Waals surface area contributed by atoms with Gasteiger partial charge in [0.2, 0.25) is 0 Å². The highest BCUT2D eigenvalue weighted by Gasteiger charge is 2.60. The van der Waals surface area contributed by atoms with Gasteiger partial charge in [-0.2, -0.15) is 0 Å². The SMILES string of the molecule is C/C=C(/CC[C@@H](C)[C@H]1CC[C@H]2[C@@H]3CC=C4C[C@@H](O)CC[C@]4(C)[C@H]3CC[C@]12C)C(C)C.C/C=C(\CC[C@@H](C)[C@H]1CC[C@H]2[C@@H]3CC=C4C[C@@H](O)CC[C@]4(C)[C@H]3CC[C@]12C)C(C)C. The second-order valence-electron chi connectivity index (χ2n) is 24.8. The third-order valence-electron chi connectivity index (χ3n) is 21.7. The maximum absolute atomic E-state index is 10.2. The average molecular weight is 825 g/mol. The Morgan fingerprint density at radius 2 is 0.933 bits per heavy atom. The van der Waals surface area contributed by atoms with Crippen LogP contribution in [0.1, 0.15) is 212 Å². The minimum absolute atomic E-state index is 0.0839. The van der Waals surface area contributed by atoms with Crippen LogP contribution in [-0.2, 0) is 0 Å². The van der Waals surface area contributed by atoms with E-state index in [-0.39, 0.29) is 12.2 Å². The lowest BCUT2D eigenvalue weighted by Gasteiger charge is -2.58. The van der Waals surface area contributed by atoms with E-state index in [2.05, 4.69) is 107 Å². The fraction of sp³-hybridized carbons (Fsp3) is 0.862. The smallest absolute Gasteiger partial charge is 0.0577 e. The first kappa shape index (κ1) is 46.9. The van der Waals surface area contributed by atoms with Crippen molar-refractivity contribution >= 4 is 0 Å². The van der Waals surface area contributed by atoms with Crippen LogP contribution in [0.3, 0.4) is 0 Å². The minimum atomic E-state index is -0.0839. The Morgan fingerprint density at radius 1 is 0.550 bits per heavy atom. The van der Waals surface area contributed by atoms with Gasteiger partial charge in [-0.15, -0.1) is 0 Å². The van der Waals surface area contributed by atoms with Gasteiger partial charge in [0.25, 0.3) is 0 Å². The molecule has 0 unspecified atom stereocenters. The Kier molecular flexibility index (Phi) is 14.4. The van der Waals surface area contributed by atoms with Crippen LogP contribution < -0.4 is 0 Å². The molecule has 0 aromatic rings. The molecule has 16 atom stereocenters. The lowest BCUT2D eigenvalue weighted by Crippen LogP contribution is -2.50. The van der Waals surface area contributed by atoms with Crippen LogP contribution in [0, 0.1) is 92.7 Å². The summed E-state index contributed by atoms with van der Waals surface area (Å²) < 4.78 is 0. The Hall–Kier alpha value is -1.12. The van der Waals surface area contributed by atoms with Crippen molar-refractivity contribution in [2.45, 2.75) is 224 Å². The van der Waals surface area contributed by atoms with Crippen LogP contribution in [0.4, 0.5) is 0 Å². The van der Waals surface area contributed by atoms with Gasteiger partial charge >= 0.3 is 0 Å². The van der Waals surface area contributed by atoms with Crippen LogP contribution >= 0.6 is 0 Å². The van der Waals surface area contributed by atoms with Gasteiger partial charge in [-0.1, -0.05) is 116 Å². The first-order valence-electron chi connectivity index (χ1n) is 26.5. The molecule has 8 aliphatic rings. The van der Waals surface area contributed by atoms with Crippen molar-refractivity contribution < 1.29 is 10.2 Å². The standard InChI is InChI=1S/2C29H48O/c2*1-7-21(19(2)3)9-8-20(4)25-12-13-26-24-11-10-22-18-23(30)14-16-28(22,5)27(24)15-17-29(25,26)6/h2*7,10,19-20,23-27,30H,8-9,11-18H2,1-6H3/b21-7+;21-7-/t2*20-,23+,24+,25-,26+,27+,28+,29-/m11/s1. The summed E-state index contributed by atoms with van der Waals surface area (Å²) in [6, 6.07) is 0. The zero-order valence-electron chi connectivity index (χ0n) is 41.4. The molecule has 0 amide bonds. The maximum Gasteiger partial charge on any atom is 0.0577 e. The van der Waals surface area contributed by atoms with Gasteiger partial charge in [-0.3, -0.25) is 0 Å². The molecule has 0 aliphatic heterocycles. The minimum Gasteiger partial charge on any atom is -0.393 e. The predicted octanol–water partition coefficient (Wildman–Crippen LogP) is 15.9. The van der Waals surface area contributed by atoms with Crippen molar-refractivity contribution in [1.82, 2.24) is 0 Å². The molecule has 0 saturated heterocycles. The molecule has 0 heterocycles. The van der Waals surface area contributed by atoms with E-state index in [1.54, 1.807) is 22.3 Å². The number of aliphatic hydroxyl groups is 2. The summed E-state index contributed by atoms with van der Waals surface area (Å²) in [5.41, 5.74) is 8.42. The molecule has 0 aromatic heterocycles. The molecule has 2 nitrogen and oxygen atoms in total. The van der Waals surface area contributed by atoms with Gasteiger partial charge in [0.1, 0.15) is 0 Å². The van der Waals surface area contributed by atoms with Gasteiger partial charge in [0.15, 0.2) is 0 Å². The molecule has 0 spiro atoms. The van der Waals surface area contributed by atoms with Gasteiger partial charge in [-0.05, 0) is 235 Å². The van der Waals surface area contributed by atoms with Crippen LogP contribution in [0.15, 0.2) is 46.6 Å². The topological polar surface area (TPSA) is 40.5 Å². The first-order valence-corrected chi connectivity index (χ1v) is 26.5. The summed E-state index contributed by atoms with van der Waals surface area (Å²) >= 11 is 0. The Balaban J connectivity index is 0.000000181. The average Bonchev–Trinajstić information content (AvgIpc) is 3.75. The quantitative estimate of drug-likeness (QED) is 0.215. The molecule has 0 aromatic carbocycles. The van der Waals surface area contributed by atoms with E-state index in [0.717, 1.165) is 84.9 Å². The van der Waals surface area contributed by atoms with Gasteiger partial charge in [0.05, 0.1) is 12.2 Å². The molecule has 6 saturated carbocycles. The van der Waals surface area contributed by atoms with Crippen molar-refractivity contribution in [2.75, 3.05) is 0 Å².